The molecule has 0 heterocycles. The first-order chi connectivity index (χ1) is 8.26. The van der Waals surface area contributed by atoms with Gasteiger partial charge in [-0.15, -0.1) is 0 Å². The lowest BCUT2D eigenvalue weighted by Gasteiger charge is -2.20. The molecule has 0 atom stereocenters. The van der Waals surface area contributed by atoms with E-state index < -0.39 is 14.4 Å². The molecular weight excluding hydrogens is 322 g/mol. The molecule has 1 rings (SSSR count). The maximum atomic E-state index is 14.0. The highest BCUT2D eigenvalue weighted by Crippen LogP contribution is 2.37. The van der Waals surface area contributed by atoms with Gasteiger partial charge in [0, 0.05) is 19.0 Å². The maximum Gasteiger partial charge on any atom is 0.330 e. The van der Waals surface area contributed by atoms with Gasteiger partial charge in [0.05, 0.1) is 0 Å². The van der Waals surface area contributed by atoms with Crippen LogP contribution in [0.5, 0.6) is 0 Å². The molecule has 1 aromatic rings. The van der Waals surface area contributed by atoms with E-state index in [1.807, 2.05) is 0 Å². The molecule has 0 spiro atoms. The Hall–Kier alpha value is -0.210. The van der Waals surface area contributed by atoms with E-state index in [0.717, 1.165) is 16.1 Å². The van der Waals surface area contributed by atoms with Crippen LogP contribution in [0.4, 0.5) is 10.2 Å². The third kappa shape index (κ3) is 3.64. The van der Waals surface area contributed by atoms with Crippen molar-refractivity contribution < 1.29 is 12.9 Å². The predicted octanol–water partition coefficient (Wildman–Crippen LogP) is 3.04. The summed E-state index contributed by atoms with van der Waals surface area (Å²) < 4.78 is 37.0. The number of para-hydroxylation sites is 1. The zero-order chi connectivity index (χ0) is 13.9. The molecule has 0 aliphatic carbocycles. The molecule has 4 nitrogen and oxygen atoms in total. The third-order valence-corrected chi connectivity index (χ3v) is 4.77. The summed E-state index contributed by atoms with van der Waals surface area (Å²) in [4.78, 5) is 0.334. The SMILES string of the molecule is CN(C)S(=O)(=O)N(F)c1ccccc1SC(Cl)Cl. The standard InChI is InChI=1S/C9H11Cl2FN2O2S2/c1-13(2)18(15,16)14(12)7-5-3-4-6-8(7)17-9(10)11/h3-6,9H,1-2H3. The van der Waals surface area contributed by atoms with Crippen LogP contribution < -0.4 is 4.53 Å². The van der Waals surface area contributed by atoms with Crippen LogP contribution in [0.25, 0.3) is 0 Å². The van der Waals surface area contributed by atoms with E-state index in [4.69, 9.17) is 23.2 Å². The molecule has 9 heteroatoms. The van der Waals surface area contributed by atoms with Crippen LogP contribution in [-0.4, -0.2) is 31.0 Å². The Bertz CT molecular complexity index is 511. The van der Waals surface area contributed by atoms with Gasteiger partial charge in [-0.25, -0.2) is 0 Å². The second-order valence-electron chi connectivity index (χ2n) is 3.35. The van der Waals surface area contributed by atoms with E-state index in [1.165, 1.54) is 32.3 Å². The molecule has 1 aromatic carbocycles. The van der Waals surface area contributed by atoms with E-state index in [0.29, 0.717) is 4.90 Å². The lowest BCUT2D eigenvalue weighted by Crippen LogP contribution is -2.35. The van der Waals surface area contributed by atoms with Gasteiger partial charge in [0.2, 0.25) is 0 Å². The molecule has 18 heavy (non-hydrogen) atoms. The minimum Gasteiger partial charge on any atom is -0.189 e. The van der Waals surface area contributed by atoms with Gasteiger partial charge >= 0.3 is 10.2 Å². The molecule has 0 saturated carbocycles. The van der Waals surface area contributed by atoms with Gasteiger partial charge in [-0.05, 0) is 12.1 Å². The highest BCUT2D eigenvalue weighted by molar-refractivity contribution is 8.02. The summed E-state index contributed by atoms with van der Waals surface area (Å²) in [5.41, 5.74) is -0.123. The summed E-state index contributed by atoms with van der Waals surface area (Å²) >= 11 is 12.1. The second kappa shape index (κ2) is 6.29. The van der Waals surface area contributed by atoms with Crippen LogP contribution in [0.3, 0.4) is 0 Å². The highest BCUT2D eigenvalue weighted by Gasteiger charge is 2.27. The van der Waals surface area contributed by atoms with Crippen molar-refractivity contribution in [3.05, 3.63) is 24.3 Å². The van der Waals surface area contributed by atoms with Crippen molar-refractivity contribution in [2.45, 2.75) is 9.06 Å². The van der Waals surface area contributed by atoms with Crippen molar-refractivity contribution in [2.24, 2.45) is 0 Å². The summed E-state index contributed by atoms with van der Waals surface area (Å²) in [7, 11) is -1.71. The number of nitrogens with zero attached hydrogens (tertiary/aromatic N) is 2. The number of anilines is 1. The van der Waals surface area contributed by atoms with Crippen LogP contribution in [0.1, 0.15) is 0 Å². The fourth-order valence-corrected chi connectivity index (χ4v) is 3.01. The molecule has 0 aromatic heterocycles. The number of alkyl halides is 2. The van der Waals surface area contributed by atoms with E-state index in [2.05, 4.69) is 0 Å². The van der Waals surface area contributed by atoms with Gasteiger partial charge < -0.3 is 0 Å². The van der Waals surface area contributed by atoms with Crippen molar-refractivity contribution in [2.75, 3.05) is 18.6 Å². The number of thioether (sulfide) groups is 1. The molecular formula is C9H11Cl2FN2O2S2. The fraction of sp³-hybridized carbons (Fsp3) is 0.333. The van der Waals surface area contributed by atoms with Crippen LogP contribution in [0.15, 0.2) is 29.2 Å². The first-order valence-corrected chi connectivity index (χ1v) is 7.84. The highest BCUT2D eigenvalue weighted by atomic mass is 35.5. The molecule has 0 unspecified atom stereocenters. The molecule has 0 radical (unpaired) electrons. The Labute approximate surface area is 120 Å². The van der Waals surface area contributed by atoms with Crippen molar-refractivity contribution in [1.82, 2.24) is 4.31 Å². The molecule has 0 aliphatic heterocycles. The molecule has 102 valence electrons. The van der Waals surface area contributed by atoms with Crippen LogP contribution in [-0.2, 0) is 10.2 Å². The zero-order valence-corrected chi connectivity index (χ0v) is 12.7. The minimum absolute atomic E-state index is 0.123. The normalized spacial score (nSPS) is 12.2. The van der Waals surface area contributed by atoms with Crippen LogP contribution in [0.2, 0.25) is 0 Å². The average molecular weight is 333 g/mol. The quantitative estimate of drug-likeness (QED) is 0.472. The average Bonchev–Trinajstić information content (AvgIpc) is 2.27. The number of benzene rings is 1. The Morgan fingerprint density at radius 3 is 2.33 bits per heavy atom. The van der Waals surface area contributed by atoms with E-state index >= 15 is 0 Å². The van der Waals surface area contributed by atoms with Gasteiger partial charge in [-0.3, -0.25) is 0 Å². The van der Waals surface area contributed by atoms with Gasteiger partial charge in [0.15, 0.2) is 4.17 Å². The zero-order valence-electron chi connectivity index (χ0n) is 9.55. The fourth-order valence-electron chi connectivity index (χ4n) is 1.07. The second-order valence-corrected chi connectivity index (χ2v) is 8.06. The summed E-state index contributed by atoms with van der Waals surface area (Å²) in [5.74, 6) is 0. The summed E-state index contributed by atoms with van der Waals surface area (Å²) in [6, 6.07) is 6.03. The first-order valence-electron chi connectivity index (χ1n) is 4.69. The van der Waals surface area contributed by atoms with Gasteiger partial charge in [0.1, 0.15) is 5.69 Å². The van der Waals surface area contributed by atoms with Crippen molar-refractivity contribution >= 4 is 50.9 Å². The largest absolute Gasteiger partial charge is 0.330 e. The summed E-state index contributed by atoms with van der Waals surface area (Å²) in [5, 5.41) is 0. The predicted molar refractivity (Wildman–Crippen MR) is 74.0 cm³/mol. The molecule has 0 saturated heterocycles. The Kier molecular flexibility index (Phi) is 5.54. The minimum atomic E-state index is -4.19. The topological polar surface area (TPSA) is 40.6 Å². The molecule has 0 N–H and O–H groups in total. The van der Waals surface area contributed by atoms with Gasteiger partial charge in [-0.2, -0.15) is 12.7 Å². The van der Waals surface area contributed by atoms with E-state index in [9.17, 15) is 12.9 Å². The molecule has 0 aliphatic rings. The molecule has 0 fully saturated rings. The molecule has 0 amide bonds. The van der Waals surface area contributed by atoms with E-state index in [-0.39, 0.29) is 10.2 Å². The van der Waals surface area contributed by atoms with Crippen molar-refractivity contribution in [3.63, 3.8) is 0 Å². The number of rotatable bonds is 5. The summed E-state index contributed by atoms with van der Waals surface area (Å²) in [6.45, 7) is 0. The molecule has 0 bridgehead atoms. The lowest BCUT2D eigenvalue weighted by atomic mass is 10.3. The smallest absolute Gasteiger partial charge is 0.189 e. The number of hydrogen-bond acceptors (Lipinski definition) is 3. The maximum absolute atomic E-state index is 14.0. The van der Waals surface area contributed by atoms with Gasteiger partial charge in [0.25, 0.3) is 0 Å². The number of hydrogen-bond donors (Lipinski definition) is 0. The Balaban J connectivity index is 3.17. The van der Waals surface area contributed by atoms with Crippen molar-refractivity contribution in [3.8, 4) is 0 Å². The van der Waals surface area contributed by atoms with Gasteiger partial charge in [-0.1, -0.05) is 56.1 Å². The first kappa shape index (κ1) is 15.8. The van der Waals surface area contributed by atoms with Crippen LogP contribution in [0, 0.1) is 0 Å². The Morgan fingerprint density at radius 1 is 1.28 bits per heavy atom. The number of halogens is 3. The van der Waals surface area contributed by atoms with Crippen molar-refractivity contribution in [1.29, 1.82) is 0 Å². The monoisotopic (exact) mass is 332 g/mol. The lowest BCUT2D eigenvalue weighted by molar-refractivity contribution is 0.450. The summed E-state index contributed by atoms with van der Waals surface area (Å²) in [6.07, 6.45) is 0. The van der Waals surface area contributed by atoms with Crippen LogP contribution >= 0.6 is 35.0 Å². The third-order valence-electron chi connectivity index (χ3n) is 1.93. The Morgan fingerprint density at radius 2 is 1.83 bits per heavy atom. The van der Waals surface area contributed by atoms with E-state index in [1.54, 1.807) is 6.07 Å².